The maximum Gasteiger partial charge on any atom is 0.193 e. The lowest BCUT2D eigenvalue weighted by Gasteiger charge is -2.02. The number of nitrogens with two attached hydrogens (primary N) is 1. The number of rotatable bonds is 2. The molecule has 3 rings (SSSR count). The van der Waals surface area contributed by atoms with Crippen molar-refractivity contribution in [3.63, 3.8) is 0 Å². The summed E-state index contributed by atoms with van der Waals surface area (Å²) in [5, 5.41) is 21.0. The highest BCUT2D eigenvalue weighted by Gasteiger charge is 2.10. The summed E-state index contributed by atoms with van der Waals surface area (Å²) in [5.74, 6) is 0.399. The highest BCUT2D eigenvalue weighted by molar-refractivity contribution is 5.75. The van der Waals surface area contributed by atoms with Crippen molar-refractivity contribution in [3.8, 4) is 23.0 Å². The van der Waals surface area contributed by atoms with E-state index in [1.54, 1.807) is 18.5 Å². The Hall–Kier alpha value is -3.20. The van der Waals surface area contributed by atoms with E-state index in [2.05, 4.69) is 21.4 Å². The van der Waals surface area contributed by atoms with E-state index in [9.17, 15) is 0 Å². The molecule has 3 aromatic rings. The van der Waals surface area contributed by atoms with Crippen LogP contribution in [0.3, 0.4) is 0 Å². The first-order valence-corrected chi connectivity index (χ1v) is 5.91. The number of hydrogen-bond donors (Lipinski definition) is 1. The molecular weight excluding hydrogens is 252 g/mol. The molecule has 0 saturated carbocycles. The van der Waals surface area contributed by atoms with Crippen molar-refractivity contribution in [2.75, 3.05) is 5.73 Å². The number of nitrogen functional groups attached to an aromatic ring is 1. The summed E-state index contributed by atoms with van der Waals surface area (Å²) in [4.78, 5) is 0. The van der Waals surface area contributed by atoms with E-state index >= 15 is 0 Å². The molecule has 0 saturated heterocycles. The summed E-state index contributed by atoms with van der Waals surface area (Å²) in [5.41, 5.74) is 8.77. The summed E-state index contributed by atoms with van der Waals surface area (Å²) in [6.45, 7) is 0. The van der Waals surface area contributed by atoms with E-state index < -0.39 is 0 Å². The molecule has 0 unspecified atom stereocenters. The second-order valence-electron chi connectivity index (χ2n) is 4.14. The summed E-state index contributed by atoms with van der Waals surface area (Å²) in [6.07, 6.45) is 4.93. The lowest BCUT2D eigenvalue weighted by atomic mass is 10.1. The van der Waals surface area contributed by atoms with Crippen LogP contribution in [0.15, 0.2) is 48.9 Å². The first-order chi connectivity index (χ1) is 9.79. The fraction of sp³-hybridized carbons (Fsp3) is 0. The lowest BCUT2D eigenvalue weighted by Crippen LogP contribution is -2.02. The zero-order valence-corrected chi connectivity index (χ0v) is 10.4. The van der Waals surface area contributed by atoms with E-state index in [-0.39, 0.29) is 0 Å². The molecule has 0 aliphatic carbocycles. The number of benzene rings is 1. The first-order valence-electron chi connectivity index (χ1n) is 5.91. The molecule has 0 radical (unpaired) electrons. The average molecular weight is 262 g/mol. The van der Waals surface area contributed by atoms with E-state index in [1.807, 2.05) is 24.3 Å². The van der Waals surface area contributed by atoms with Crippen LogP contribution >= 0.6 is 0 Å². The van der Waals surface area contributed by atoms with Gasteiger partial charge in [0.2, 0.25) is 0 Å². The fourth-order valence-electron chi connectivity index (χ4n) is 1.92. The van der Waals surface area contributed by atoms with Crippen LogP contribution in [0, 0.1) is 11.3 Å². The van der Waals surface area contributed by atoms with Crippen LogP contribution < -0.4 is 5.73 Å². The Morgan fingerprint density at radius 3 is 2.85 bits per heavy atom. The van der Waals surface area contributed by atoms with Crippen LogP contribution in [0.5, 0.6) is 0 Å². The van der Waals surface area contributed by atoms with Gasteiger partial charge in [-0.2, -0.15) is 15.5 Å². The van der Waals surface area contributed by atoms with Crippen LogP contribution in [0.4, 0.5) is 5.69 Å². The zero-order chi connectivity index (χ0) is 13.9. The maximum atomic E-state index is 9.07. The fourth-order valence-corrected chi connectivity index (χ4v) is 1.92. The number of anilines is 1. The van der Waals surface area contributed by atoms with E-state index in [0.29, 0.717) is 17.1 Å². The zero-order valence-electron chi connectivity index (χ0n) is 10.4. The second kappa shape index (κ2) is 4.82. The molecule has 2 aromatic heterocycles. The van der Waals surface area contributed by atoms with E-state index in [1.165, 1.54) is 10.9 Å². The number of para-hydroxylation sites is 1. The number of hydrogen-bond acceptors (Lipinski definition) is 5. The molecule has 0 bridgehead atoms. The number of aromatic nitrogens is 4. The minimum absolute atomic E-state index is 0.399. The topological polar surface area (TPSA) is 93.4 Å². The molecule has 0 fully saturated rings. The van der Waals surface area contributed by atoms with Gasteiger partial charge in [0.15, 0.2) is 5.82 Å². The SMILES string of the molecule is N#Cc1ccnnc1-n1cc(-c2ccccc2N)cn1. The van der Waals surface area contributed by atoms with Gasteiger partial charge in [-0.1, -0.05) is 18.2 Å². The molecule has 96 valence electrons. The predicted molar refractivity (Wildman–Crippen MR) is 73.7 cm³/mol. The molecule has 20 heavy (non-hydrogen) atoms. The van der Waals surface area contributed by atoms with Gasteiger partial charge in [-0.15, -0.1) is 5.10 Å². The van der Waals surface area contributed by atoms with Gasteiger partial charge >= 0.3 is 0 Å². The van der Waals surface area contributed by atoms with Crippen molar-refractivity contribution in [3.05, 3.63) is 54.5 Å². The molecular formula is C14H10N6. The van der Waals surface area contributed by atoms with Crippen molar-refractivity contribution in [2.45, 2.75) is 0 Å². The molecule has 6 nitrogen and oxygen atoms in total. The minimum atomic E-state index is 0.399. The van der Waals surface area contributed by atoms with E-state index in [0.717, 1.165) is 11.1 Å². The van der Waals surface area contributed by atoms with Crippen LogP contribution in [0.1, 0.15) is 5.56 Å². The summed E-state index contributed by atoms with van der Waals surface area (Å²) in [6, 6.07) is 11.2. The lowest BCUT2D eigenvalue weighted by molar-refractivity contribution is 0.810. The number of nitriles is 1. The van der Waals surface area contributed by atoms with Gasteiger partial charge in [0, 0.05) is 23.0 Å². The van der Waals surface area contributed by atoms with Gasteiger partial charge in [0.05, 0.1) is 12.4 Å². The minimum Gasteiger partial charge on any atom is -0.398 e. The Bertz CT molecular complexity index is 799. The van der Waals surface area contributed by atoms with Gasteiger partial charge in [-0.25, -0.2) is 4.68 Å². The molecule has 1 aromatic carbocycles. The normalized spacial score (nSPS) is 10.2. The van der Waals surface area contributed by atoms with E-state index in [4.69, 9.17) is 11.0 Å². The molecule has 0 atom stereocenters. The highest BCUT2D eigenvalue weighted by atomic mass is 15.3. The van der Waals surface area contributed by atoms with Gasteiger partial charge in [-0.3, -0.25) is 0 Å². The van der Waals surface area contributed by atoms with Gasteiger partial charge < -0.3 is 5.73 Å². The summed E-state index contributed by atoms with van der Waals surface area (Å²) in [7, 11) is 0. The largest absolute Gasteiger partial charge is 0.398 e. The third kappa shape index (κ3) is 1.97. The van der Waals surface area contributed by atoms with Crippen molar-refractivity contribution < 1.29 is 0 Å². The second-order valence-corrected chi connectivity index (χ2v) is 4.14. The van der Waals surface area contributed by atoms with Crippen LogP contribution in [-0.4, -0.2) is 20.0 Å². The smallest absolute Gasteiger partial charge is 0.193 e. The molecule has 0 spiro atoms. The van der Waals surface area contributed by atoms with Gasteiger partial charge in [-0.05, 0) is 12.1 Å². The maximum absolute atomic E-state index is 9.07. The van der Waals surface area contributed by atoms with Crippen LogP contribution in [0.25, 0.3) is 16.9 Å². The Kier molecular flexibility index (Phi) is 2.86. The molecule has 0 aliphatic rings. The third-order valence-corrected chi connectivity index (χ3v) is 2.89. The monoisotopic (exact) mass is 262 g/mol. The van der Waals surface area contributed by atoms with Crippen molar-refractivity contribution in [1.82, 2.24) is 20.0 Å². The summed E-state index contributed by atoms with van der Waals surface area (Å²) < 4.78 is 1.52. The molecule has 0 aliphatic heterocycles. The van der Waals surface area contributed by atoms with Gasteiger partial charge in [0.25, 0.3) is 0 Å². The van der Waals surface area contributed by atoms with Crippen molar-refractivity contribution in [2.24, 2.45) is 0 Å². The Labute approximate surface area is 115 Å². The predicted octanol–water partition coefficient (Wildman–Crippen LogP) is 1.78. The Morgan fingerprint density at radius 1 is 1.20 bits per heavy atom. The highest BCUT2D eigenvalue weighted by Crippen LogP contribution is 2.25. The molecule has 0 amide bonds. The Morgan fingerprint density at radius 2 is 2.05 bits per heavy atom. The summed E-state index contributed by atoms with van der Waals surface area (Å²) >= 11 is 0. The Balaban J connectivity index is 2.08. The van der Waals surface area contributed by atoms with Crippen LogP contribution in [0.2, 0.25) is 0 Å². The standard InChI is InChI=1S/C14H10N6/c15-7-10-5-6-17-19-14(10)20-9-11(8-18-20)12-3-1-2-4-13(12)16/h1-6,8-9H,16H2. The van der Waals surface area contributed by atoms with Crippen LogP contribution in [-0.2, 0) is 0 Å². The van der Waals surface area contributed by atoms with Crippen molar-refractivity contribution >= 4 is 5.69 Å². The molecule has 2 N–H and O–H groups in total. The van der Waals surface area contributed by atoms with Crippen molar-refractivity contribution in [1.29, 1.82) is 5.26 Å². The molecule has 6 heteroatoms. The number of nitrogens with zero attached hydrogens (tertiary/aromatic N) is 5. The quantitative estimate of drug-likeness (QED) is 0.710. The van der Waals surface area contributed by atoms with Gasteiger partial charge in [0.1, 0.15) is 11.6 Å². The average Bonchev–Trinajstić information content (AvgIpc) is 2.97. The molecule has 2 heterocycles. The third-order valence-electron chi connectivity index (χ3n) is 2.89. The first kappa shape index (κ1) is 11.9.